The number of benzene rings is 2. The van der Waals surface area contributed by atoms with Crippen molar-refractivity contribution in [2.75, 3.05) is 18.4 Å². The minimum Gasteiger partial charge on any atom is -0.326 e. The van der Waals surface area contributed by atoms with Gasteiger partial charge in [-0.1, -0.05) is 28.1 Å². The number of hydrogen-bond donors (Lipinski definition) is 1. The second kappa shape index (κ2) is 8.45. The number of amides is 1. The van der Waals surface area contributed by atoms with Crippen molar-refractivity contribution in [1.82, 2.24) is 4.31 Å². The number of anilines is 1. The van der Waals surface area contributed by atoms with Gasteiger partial charge in [0.15, 0.2) is 0 Å². The molecule has 2 aromatic rings. The summed E-state index contributed by atoms with van der Waals surface area (Å²) in [5, 5.41) is 2.80. The maximum Gasteiger partial charge on any atom is 0.416 e. The summed E-state index contributed by atoms with van der Waals surface area (Å²) in [5.41, 5.74) is -0.384. The first kappa shape index (κ1) is 21.8. The van der Waals surface area contributed by atoms with Gasteiger partial charge in [0.25, 0.3) is 0 Å². The summed E-state index contributed by atoms with van der Waals surface area (Å²) < 4.78 is 66.1. The highest BCUT2D eigenvalue weighted by Crippen LogP contribution is 2.32. The first-order valence-corrected chi connectivity index (χ1v) is 11.0. The molecule has 10 heteroatoms. The number of hydrogen-bond acceptors (Lipinski definition) is 3. The number of alkyl halides is 3. The Balaban J connectivity index is 1.66. The van der Waals surface area contributed by atoms with Gasteiger partial charge >= 0.3 is 6.18 Å². The summed E-state index contributed by atoms with van der Waals surface area (Å²) >= 11 is 3.32. The summed E-state index contributed by atoms with van der Waals surface area (Å²) in [5.74, 6) is -0.582. The molecule has 1 aliphatic rings. The first-order valence-electron chi connectivity index (χ1n) is 8.81. The van der Waals surface area contributed by atoms with Crippen molar-refractivity contribution in [1.29, 1.82) is 0 Å². The Morgan fingerprint density at radius 3 is 2.34 bits per heavy atom. The lowest BCUT2D eigenvalue weighted by Gasteiger charge is -2.30. The van der Waals surface area contributed by atoms with Gasteiger partial charge < -0.3 is 5.32 Å². The predicted octanol–water partition coefficient (Wildman–Crippen LogP) is 4.51. The van der Waals surface area contributed by atoms with Crippen LogP contribution in [-0.4, -0.2) is 31.7 Å². The molecular weight excluding hydrogens is 473 g/mol. The highest BCUT2D eigenvalue weighted by Gasteiger charge is 2.35. The van der Waals surface area contributed by atoms with E-state index >= 15 is 0 Å². The molecule has 5 nitrogen and oxygen atoms in total. The highest BCUT2D eigenvalue weighted by atomic mass is 79.9. The number of nitrogens with one attached hydrogen (secondary N) is 1. The van der Waals surface area contributed by atoms with E-state index in [9.17, 15) is 26.4 Å². The van der Waals surface area contributed by atoms with Crippen molar-refractivity contribution in [2.45, 2.75) is 23.9 Å². The molecule has 0 atom stereocenters. The van der Waals surface area contributed by atoms with Gasteiger partial charge in [0, 0.05) is 29.2 Å². The zero-order chi connectivity index (χ0) is 21.2. The molecule has 1 saturated heterocycles. The maximum absolute atomic E-state index is 12.9. The van der Waals surface area contributed by atoms with Crippen LogP contribution in [0.5, 0.6) is 0 Å². The normalized spacial score (nSPS) is 16.6. The molecule has 2 aromatic carbocycles. The molecule has 0 aliphatic carbocycles. The van der Waals surface area contributed by atoms with E-state index < -0.39 is 26.7 Å². The van der Waals surface area contributed by atoms with E-state index in [1.165, 1.54) is 0 Å². The van der Waals surface area contributed by atoms with E-state index in [-0.39, 0.29) is 37.8 Å². The monoisotopic (exact) mass is 490 g/mol. The Morgan fingerprint density at radius 2 is 1.72 bits per heavy atom. The Kier molecular flexibility index (Phi) is 6.35. The molecule has 156 valence electrons. The molecule has 0 bridgehead atoms. The number of sulfonamides is 1. The van der Waals surface area contributed by atoms with Gasteiger partial charge in [-0.2, -0.15) is 17.5 Å². The molecule has 1 aliphatic heterocycles. The number of rotatable bonds is 4. The van der Waals surface area contributed by atoms with Gasteiger partial charge in [-0.25, -0.2) is 8.42 Å². The highest BCUT2D eigenvalue weighted by molar-refractivity contribution is 9.10. The lowest BCUT2D eigenvalue weighted by atomic mass is 9.97. The molecule has 1 amide bonds. The topological polar surface area (TPSA) is 66.5 Å². The molecule has 29 heavy (non-hydrogen) atoms. The molecule has 1 fully saturated rings. The zero-order valence-electron chi connectivity index (χ0n) is 15.1. The number of piperidine rings is 1. The number of carbonyl (C=O) groups excluding carboxylic acids is 1. The van der Waals surface area contributed by atoms with E-state index in [1.54, 1.807) is 18.2 Å². The van der Waals surface area contributed by atoms with Gasteiger partial charge in [0.2, 0.25) is 15.9 Å². The number of carbonyl (C=O) groups is 1. The second-order valence-corrected chi connectivity index (χ2v) is 9.56. The van der Waals surface area contributed by atoms with Crippen molar-refractivity contribution < 1.29 is 26.4 Å². The van der Waals surface area contributed by atoms with E-state index in [0.29, 0.717) is 11.8 Å². The number of nitrogens with zero attached hydrogens (tertiary/aromatic N) is 1. The quantitative estimate of drug-likeness (QED) is 0.685. The third kappa shape index (κ3) is 5.18. The van der Waals surface area contributed by atoms with E-state index in [1.807, 2.05) is 6.07 Å². The van der Waals surface area contributed by atoms with Gasteiger partial charge in [-0.05, 0) is 49.2 Å². The van der Waals surface area contributed by atoms with Crippen LogP contribution < -0.4 is 5.32 Å². The van der Waals surface area contributed by atoms with Gasteiger partial charge in [0.1, 0.15) is 0 Å². The summed E-state index contributed by atoms with van der Waals surface area (Å²) in [4.78, 5) is 12.0. The largest absolute Gasteiger partial charge is 0.416 e. The van der Waals surface area contributed by atoms with Crippen molar-refractivity contribution in [2.24, 2.45) is 5.92 Å². The average molecular weight is 491 g/mol. The van der Waals surface area contributed by atoms with Crippen LogP contribution in [0.3, 0.4) is 0 Å². The third-order valence-corrected chi connectivity index (χ3v) is 7.10. The van der Waals surface area contributed by atoms with E-state index in [0.717, 1.165) is 27.0 Å². The second-order valence-electron chi connectivity index (χ2n) is 6.70. The summed E-state index contributed by atoms with van der Waals surface area (Å²) in [6.07, 6.45) is -4.04. The Morgan fingerprint density at radius 1 is 1.07 bits per heavy atom. The molecule has 0 unspecified atom stereocenters. The Hall–Kier alpha value is -1.91. The summed E-state index contributed by atoms with van der Waals surface area (Å²) in [7, 11) is -4.06. The summed E-state index contributed by atoms with van der Waals surface area (Å²) in [6, 6.07) is 10.8. The molecule has 0 saturated carbocycles. The minimum atomic E-state index is -4.62. The molecule has 1 heterocycles. The molecule has 1 N–H and O–H groups in total. The van der Waals surface area contributed by atoms with Gasteiger partial charge in [0.05, 0.1) is 10.5 Å². The molecule has 0 aromatic heterocycles. The average Bonchev–Trinajstić information content (AvgIpc) is 2.67. The van der Waals surface area contributed by atoms with Crippen molar-refractivity contribution >= 4 is 37.5 Å². The first-order chi connectivity index (χ1) is 13.6. The fourth-order valence-electron chi connectivity index (χ4n) is 3.15. The van der Waals surface area contributed by atoms with Crippen LogP contribution in [0, 0.1) is 5.92 Å². The van der Waals surface area contributed by atoms with Crippen molar-refractivity contribution in [3.63, 3.8) is 0 Å². The molecule has 3 rings (SSSR count). The van der Waals surface area contributed by atoms with E-state index in [2.05, 4.69) is 21.2 Å². The van der Waals surface area contributed by atoms with Crippen molar-refractivity contribution in [3.05, 3.63) is 58.6 Å². The van der Waals surface area contributed by atoms with E-state index in [4.69, 9.17) is 0 Å². The van der Waals surface area contributed by atoms with Crippen LogP contribution in [0.25, 0.3) is 0 Å². The maximum atomic E-state index is 12.9. The fourth-order valence-corrected chi connectivity index (χ4v) is 5.07. The molecule has 0 spiro atoms. The fraction of sp³-hybridized carbons (Fsp3) is 0.316. The smallest absolute Gasteiger partial charge is 0.326 e. The Bertz CT molecular complexity index is 1000. The van der Waals surface area contributed by atoms with Crippen LogP contribution in [0.4, 0.5) is 18.9 Å². The predicted molar refractivity (Wildman–Crippen MR) is 106 cm³/mol. The van der Waals surface area contributed by atoms with Crippen LogP contribution >= 0.6 is 15.9 Å². The SMILES string of the molecule is O=C(Nc1cccc(Br)c1)C1CCN(S(=O)(=O)c2cccc(C(F)(F)F)c2)CC1. The molecule has 0 radical (unpaired) electrons. The Labute approximate surface area is 175 Å². The minimum absolute atomic E-state index is 0.0646. The number of halogens is 4. The van der Waals surface area contributed by atoms with Crippen LogP contribution in [0.1, 0.15) is 18.4 Å². The summed E-state index contributed by atoms with van der Waals surface area (Å²) in [6.45, 7) is 0.129. The third-order valence-electron chi connectivity index (χ3n) is 4.72. The van der Waals surface area contributed by atoms with Crippen LogP contribution in [-0.2, 0) is 21.0 Å². The lowest BCUT2D eigenvalue weighted by Crippen LogP contribution is -2.41. The van der Waals surface area contributed by atoms with Gasteiger partial charge in [-0.3, -0.25) is 4.79 Å². The standard InChI is InChI=1S/C19H18BrF3N2O3S/c20-15-4-2-5-16(12-15)24-18(26)13-7-9-25(10-8-13)29(27,28)17-6-1-3-14(11-17)19(21,22)23/h1-6,11-13H,7-10H2,(H,24,26). The van der Waals surface area contributed by atoms with Crippen molar-refractivity contribution in [3.8, 4) is 0 Å². The van der Waals surface area contributed by atoms with Crippen LogP contribution in [0.15, 0.2) is 57.9 Å². The lowest BCUT2D eigenvalue weighted by molar-refractivity contribution is -0.137. The van der Waals surface area contributed by atoms with Crippen LogP contribution in [0.2, 0.25) is 0 Å². The zero-order valence-corrected chi connectivity index (χ0v) is 17.5. The van der Waals surface area contributed by atoms with Gasteiger partial charge in [-0.15, -0.1) is 0 Å². The molecular formula is C19H18BrF3N2O3S.